The second-order valence-electron chi connectivity index (χ2n) is 5.59. The van der Waals surface area contributed by atoms with Crippen molar-refractivity contribution in [2.45, 2.75) is 45.1 Å². The number of amides is 1. The fourth-order valence-corrected chi connectivity index (χ4v) is 2.56. The van der Waals surface area contributed by atoms with Crippen LogP contribution in [0, 0.1) is 0 Å². The van der Waals surface area contributed by atoms with Crippen molar-refractivity contribution in [3.05, 3.63) is 35.4 Å². The average Bonchev–Trinajstić information content (AvgIpc) is 2.53. The number of aliphatic hydroxyl groups is 1. The van der Waals surface area contributed by atoms with Crippen LogP contribution in [0.5, 0.6) is 0 Å². The number of benzene rings is 1. The van der Waals surface area contributed by atoms with E-state index in [0.717, 1.165) is 6.42 Å². The summed E-state index contributed by atoms with van der Waals surface area (Å²) in [5.74, 6) is 0.0310. The maximum atomic E-state index is 12.1. The zero-order chi connectivity index (χ0) is 15.2. The first kappa shape index (κ1) is 15.7. The van der Waals surface area contributed by atoms with E-state index in [1.807, 2.05) is 24.3 Å². The third-order valence-corrected chi connectivity index (χ3v) is 4.07. The molecule has 114 valence electrons. The van der Waals surface area contributed by atoms with Crippen LogP contribution in [0.25, 0.3) is 0 Å². The van der Waals surface area contributed by atoms with Crippen LogP contribution in [0.1, 0.15) is 48.5 Å². The summed E-state index contributed by atoms with van der Waals surface area (Å²) in [5.41, 5.74) is 1.88. The minimum Gasteiger partial charge on any atom is -0.393 e. The van der Waals surface area contributed by atoms with Gasteiger partial charge in [-0.2, -0.15) is 0 Å². The third kappa shape index (κ3) is 4.39. The molecule has 0 saturated carbocycles. The van der Waals surface area contributed by atoms with Crippen LogP contribution in [0.3, 0.4) is 0 Å². The summed E-state index contributed by atoms with van der Waals surface area (Å²) in [6.45, 7) is 3.27. The molecule has 0 aliphatic carbocycles. The van der Waals surface area contributed by atoms with Crippen LogP contribution in [0.4, 0.5) is 0 Å². The maximum absolute atomic E-state index is 12.1. The lowest BCUT2D eigenvalue weighted by molar-refractivity contribution is -0.133. The summed E-state index contributed by atoms with van der Waals surface area (Å²) in [5, 5.41) is 9.43. The molecule has 1 fully saturated rings. The van der Waals surface area contributed by atoms with Crippen LogP contribution in [-0.2, 0) is 11.2 Å². The number of aliphatic hydroxyl groups excluding tert-OH is 1. The number of rotatable bonds is 5. The Labute approximate surface area is 125 Å². The van der Waals surface area contributed by atoms with Crippen molar-refractivity contribution < 1.29 is 14.7 Å². The molecule has 4 heteroatoms. The topological polar surface area (TPSA) is 57.6 Å². The number of likely N-dealkylation sites (tertiary alicyclic amines) is 1. The molecule has 1 amide bonds. The second-order valence-corrected chi connectivity index (χ2v) is 5.59. The van der Waals surface area contributed by atoms with Gasteiger partial charge in [-0.25, -0.2) is 0 Å². The predicted molar refractivity (Wildman–Crippen MR) is 81.2 cm³/mol. The van der Waals surface area contributed by atoms with Gasteiger partial charge >= 0.3 is 0 Å². The van der Waals surface area contributed by atoms with Crippen molar-refractivity contribution in [3.8, 4) is 0 Å². The Bertz CT molecular complexity index is 487. The molecular formula is C17H23NO3. The van der Waals surface area contributed by atoms with Gasteiger partial charge in [0.05, 0.1) is 6.10 Å². The zero-order valence-corrected chi connectivity index (χ0v) is 12.5. The van der Waals surface area contributed by atoms with Gasteiger partial charge < -0.3 is 10.0 Å². The summed E-state index contributed by atoms with van der Waals surface area (Å²) >= 11 is 0. The average molecular weight is 289 g/mol. The van der Waals surface area contributed by atoms with E-state index >= 15 is 0 Å². The van der Waals surface area contributed by atoms with Gasteiger partial charge in [0.25, 0.3) is 0 Å². The normalized spacial score (nSPS) is 16.0. The Hall–Kier alpha value is -1.68. The third-order valence-electron chi connectivity index (χ3n) is 4.07. The van der Waals surface area contributed by atoms with Crippen LogP contribution < -0.4 is 0 Å². The van der Waals surface area contributed by atoms with Gasteiger partial charge in [0.2, 0.25) is 5.91 Å². The standard InChI is InChI=1S/C17H23NO3/c1-2-13-3-5-14(6-4-13)16(20)7-8-17(21)18-11-9-15(19)10-12-18/h3-6,15,19H,2,7-12H2,1H3. The fourth-order valence-electron chi connectivity index (χ4n) is 2.56. The Morgan fingerprint density at radius 3 is 2.33 bits per heavy atom. The van der Waals surface area contributed by atoms with Gasteiger partial charge in [-0.15, -0.1) is 0 Å². The van der Waals surface area contributed by atoms with E-state index in [4.69, 9.17) is 0 Å². The summed E-state index contributed by atoms with van der Waals surface area (Å²) < 4.78 is 0. The lowest BCUT2D eigenvalue weighted by Gasteiger charge is -2.29. The van der Waals surface area contributed by atoms with Crippen molar-refractivity contribution in [3.63, 3.8) is 0 Å². The highest BCUT2D eigenvalue weighted by molar-refractivity contribution is 5.97. The predicted octanol–water partition coefficient (Wildman–Crippen LogP) is 2.20. The summed E-state index contributed by atoms with van der Waals surface area (Å²) in [6, 6.07) is 7.59. The number of nitrogens with zero attached hydrogens (tertiary/aromatic N) is 1. The lowest BCUT2D eigenvalue weighted by atomic mass is 10.0. The van der Waals surface area contributed by atoms with Crippen LogP contribution >= 0.6 is 0 Å². The van der Waals surface area contributed by atoms with Crippen molar-refractivity contribution in [1.29, 1.82) is 0 Å². The highest BCUT2D eigenvalue weighted by atomic mass is 16.3. The first-order valence-electron chi connectivity index (χ1n) is 7.68. The number of Topliss-reactive ketones (excluding diaryl/α,β-unsaturated/α-hetero) is 1. The molecule has 0 unspecified atom stereocenters. The highest BCUT2D eigenvalue weighted by Gasteiger charge is 2.21. The van der Waals surface area contributed by atoms with Crippen LogP contribution in [0.15, 0.2) is 24.3 Å². The Morgan fingerprint density at radius 1 is 1.14 bits per heavy atom. The minimum atomic E-state index is -0.284. The molecule has 0 bridgehead atoms. The van der Waals surface area contributed by atoms with Gasteiger partial charge in [0.1, 0.15) is 0 Å². The number of piperidine rings is 1. The van der Waals surface area contributed by atoms with E-state index in [2.05, 4.69) is 6.92 Å². The SMILES string of the molecule is CCc1ccc(C(=O)CCC(=O)N2CCC(O)CC2)cc1. The first-order chi connectivity index (χ1) is 10.1. The molecule has 21 heavy (non-hydrogen) atoms. The molecule has 1 heterocycles. The lowest BCUT2D eigenvalue weighted by Crippen LogP contribution is -2.40. The molecule has 1 aromatic carbocycles. The number of ketones is 1. The van der Waals surface area contributed by atoms with Gasteiger partial charge in [0.15, 0.2) is 5.78 Å². The molecule has 0 aromatic heterocycles. The van der Waals surface area contributed by atoms with Crippen molar-refractivity contribution in [1.82, 2.24) is 4.90 Å². The highest BCUT2D eigenvalue weighted by Crippen LogP contribution is 2.13. The maximum Gasteiger partial charge on any atom is 0.223 e. The molecule has 1 aliphatic rings. The molecule has 0 atom stereocenters. The van der Waals surface area contributed by atoms with Crippen molar-refractivity contribution in [2.75, 3.05) is 13.1 Å². The Kier molecular flexibility index (Phi) is 5.51. The molecule has 1 N–H and O–H groups in total. The Balaban J connectivity index is 1.81. The van der Waals surface area contributed by atoms with Gasteiger partial charge in [-0.3, -0.25) is 9.59 Å². The van der Waals surface area contributed by atoms with Crippen molar-refractivity contribution in [2.24, 2.45) is 0 Å². The van der Waals surface area contributed by atoms with E-state index < -0.39 is 0 Å². The van der Waals surface area contributed by atoms with Gasteiger partial charge in [-0.1, -0.05) is 31.2 Å². The number of hydrogen-bond acceptors (Lipinski definition) is 3. The van der Waals surface area contributed by atoms with Gasteiger partial charge in [0, 0.05) is 31.5 Å². The van der Waals surface area contributed by atoms with E-state index in [-0.39, 0.29) is 30.6 Å². The summed E-state index contributed by atoms with van der Waals surface area (Å²) in [6.07, 6.45) is 2.45. The molecule has 1 aromatic rings. The summed E-state index contributed by atoms with van der Waals surface area (Å²) in [4.78, 5) is 25.9. The molecule has 0 radical (unpaired) electrons. The second kappa shape index (κ2) is 7.36. The molecule has 0 spiro atoms. The first-order valence-corrected chi connectivity index (χ1v) is 7.68. The quantitative estimate of drug-likeness (QED) is 0.845. The number of aryl methyl sites for hydroxylation is 1. The monoisotopic (exact) mass is 289 g/mol. The molecule has 1 saturated heterocycles. The van der Waals surface area contributed by atoms with E-state index in [1.54, 1.807) is 4.90 Å². The molecular weight excluding hydrogens is 266 g/mol. The molecule has 1 aliphatic heterocycles. The Morgan fingerprint density at radius 2 is 1.76 bits per heavy atom. The minimum absolute atomic E-state index is 0.0143. The molecule has 4 nitrogen and oxygen atoms in total. The fraction of sp³-hybridized carbons (Fsp3) is 0.529. The zero-order valence-electron chi connectivity index (χ0n) is 12.5. The van der Waals surface area contributed by atoms with E-state index in [1.165, 1.54) is 5.56 Å². The van der Waals surface area contributed by atoms with Crippen molar-refractivity contribution >= 4 is 11.7 Å². The number of carbonyl (C=O) groups excluding carboxylic acids is 2. The van der Waals surface area contributed by atoms with Crippen LogP contribution in [-0.4, -0.2) is 40.9 Å². The smallest absolute Gasteiger partial charge is 0.223 e. The van der Waals surface area contributed by atoms with E-state index in [9.17, 15) is 14.7 Å². The number of carbonyl (C=O) groups is 2. The largest absolute Gasteiger partial charge is 0.393 e. The van der Waals surface area contributed by atoms with E-state index in [0.29, 0.717) is 31.5 Å². The van der Waals surface area contributed by atoms with Gasteiger partial charge in [-0.05, 0) is 24.8 Å². The van der Waals surface area contributed by atoms with Crippen LogP contribution in [0.2, 0.25) is 0 Å². The molecule has 2 rings (SSSR count). The number of hydrogen-bond donors (Lipinski definition) is 1. The summed E-state index contributed by atoms with van der Waals surface area (Å²) in [7, 11) is 0.